The SMILES string of the molecule is CCCCCCCCCCC(CCCCCCCCCC)(COC1OC(CO)C(OC2OC(CO)C(O)C(O)C2O)C(O)C1O)COC1OC(CO)C(OC2OC(CO)C(O)C(O)C2O)C(O)C1O. The Hall–Kier alpha value is -0.880. The van der Waals surface area contributed by atoms with E-state index < -0.39 is 155 Å². The molecular weight excluding hydrogens is 916 g/mol. The molecule has 4 saturated heterocycles. The Morgan fingerprint density at radius 2 is 0.623 bits per heavy atom. The molecule has 0 aromatic rings. The van der Waals surface area contributed by atoms with Gasteiger partial charge in [-0.3, -0.25) is 0 Å². The Morgan fingerprint density at radius 3 is 0.942 bits per heavy atom. The molecule has 4 heterocycles. The number of hydrogen-bond acceptors (Lipinski definition) is 22. The van der Waals surface area contributed by atoms with Crippen molar-refractivity contribution in [1.29, 1.82) is 0 Å². The minimum Gasteiger partial charge on any atom is -0.394 e. The van der Waals surface area contributed by atoms with E-state index in [1.807, 2.05) is 0 Å². The van der Waals surface area contributed by atoms with Gasteiger partial charge in [-0.1, -0.05) is 117 Å². The van der Waals surface area contributed by atoms with Gasteiger partial charge in [0.2, 0.25) is 0 Å². The number of aliphatic hydroxyl groups excluding tert-OH is 14. The van der Waals surface area contributed by atoms with Crippen LogP contribution < -0.4 is 0 Å². The lowest BCUT2D eigenvalue weighted by Crippen LogP contribution is -2.65. The molecule has 20 unspecified atom stereocenters. The summed E-state index contributed by atoms with van der Waals surface area (Å²) >= 11 is 0. The van der Waals surface area contributed by atoms with E-state index in [0.29, 0.717) is 12.8 Å². The first-order chi connectivity index (χ1) is 33.1. The maximum absolute atomic E-state index is 11.4. The third-order valence-electron chi connectivity index (χ3n) is 14.1. The Kier molecular flexibility index (Phi) is 27.4. The average Bonchev–Trinajstić information content (AvgIpc) is 3.35. The van der Waals surface area contributed by atoms with Gasteiger partial charge in [-0.25, -0.2) is 0 Å². The molecule has 22 heteroatoms. The highest BCUT2D eigenvalue weighted by Gasteiger charge is 2.53. The highest BCUT2D eigenvalue weighted by atomic mass is 16.8. The Bertz CT molecular complexity index is 1250. The molecule has 0 aromatic carbocycles. The van der Waals surface area contributed by atoms with Crippen LogP contribution in [0.25, 0.3) is 0 Å². The maximum atomic E-state index is 11.4. The molecule has 0 amide bonds. The van der Waals surface area contributed by atoms with E-state index in [9.17, 15) is 71.5 Å². The number of hydrogen-bond donors (Lipinski definition) is 14. The first kappa shape index (κ1) is 60.7. The fourth-order valence-corrected chi connectivity index (χ4v) is 9.63. The highest BCUT2D eigenvalue weighted by molar-refractivity contribution is 4.96. The van der Waals surface area contributed by atoms with Gasteiger partial charge in [-0.2, -0.15) is 0 Å². The fourth-order valence-electron chi connectivity index (χ4n) is 9.63. The zero-order chi connectivity index (χ0) is 50.7. The molecule has 14 N–H and O–H groups in total. The van der Waals surface area contributed by atoms with Crippen molar-refractivity contribution in [3.8, 4) is 0 Å². The van der Waals surface area contributed by atoms with Crippen molar-refractivity contribution in [1.82, 2.24) is 0 Å². The van der Waals surface area contributed by atoms with Crippen molar-refractivity contribution < 1.29 is 109 Å². The molecule has 4 rings (SSSR count). The molecule has 0 aromatic heterocycles. The van der Waals surface area contributed by atoms with E-state index in [2.05, 4.69) is 13.8 Å². The molecule has 4 fully saturated rings. The molecule has 0 spiro atoms. The molecule has 4 aliphatic rings. The lowest BCUT2D eigenvalue weighted by molar-refractivity contribution is -0.365. The van der Waals surface area contributed by atoms with E-state index >= 15 is 0 Å². The summed E-state index contributed by atoms with van der Waals surface area (Å²) in [6.45, 7) is 1.04. The summed E-state index contributed by atoms with van der Waals surface area (Å²) < 4.78 is 47.0. The quantitative estimate of drug-likeness (QED) is 0.0335. The average molecular weight is 1010 g/mol. The van der Waals surface area contributed by atoms with Crippen molar-refractivity contribution in [2.45, 2.75) is 252 Å². The molecule has 20 atom stereocenters. The Morgan fingerprint density at radius 1 is 0.333 bits per heavy atom. The Balaban J connectivity index is 1.54. The molecule has 408 valence electrons. The third kappa shape index (κ3) is 17.1. The minimum absolute atomic E-state index is 0.136. The van der Waals surface area contributed by atoms with Crippen LogP contribution in [0.15, 0.2) is 0 Å². The number of unbranched alkanes of at least 4 members (excludes halogenated alkanes) is 14. The molecule has 4 aliphatic heterocycles. The number of aliphatic hydroxyl groups is 14. The normalized spacial score (nSPS) is 39.0. The lowest BCUT2D eigenvalue weighted by Gasteiger charge is -2.47. The molecule has 22 nitrogen and oxygen atoms in total. The second-order valence-electron chi connectivity index (χ2n) is 19.6. The van der Waals surface area contributed by atoms with Gasteiger partial charge in [0, 0.05) is 5.41 Å². The van der Waals surface area contributed by atoms with Crippen LogP contribution in [0, 0.1) is 5.41 Å². The van der Waals surface area contributed by atoms with Gasteiger partial charge in [-0.05, 0) is 12.8 Å². The second kappa shape index (κ2) is 31.1. The monoisotopic (exact) mass is 1000 g/mol. The lowest BCUT2D eigenvalue weighted by atomic mass is 9.79. The first-order valence-corrected chi connectivity index (χ1v) is 25.5. The van der Waals surface area contributed by atoms with Crippen molar-refractivity contribution in [3.05, 3.63) is 0 Å². The number of ether oxygens (including phenoxy) is 8. The van der Waals surface area contributed by atoms with Gasteiger partial charge >= 0.3 is 0 Å². The van der Waals surface area contributed by atoms with Crippen LogP contribution in [0.5, 0.6) is 0 Å². The van der Waals surface area contributed by atoms with E-state index in [1.54, 1.807) is 0 Å². The van der Waals surface area contributed by atoms with Crippen LogP contribution in [0.3, 0.4) is 0 Å². The van der Waals surface area contributed by atoms with Crippen LogP contribution >= 0.6 is 0 Å². The van der Waals surface area contributed by atoms with Crippen LogP contribution in [-0.4, -0.2) is 234 Å². The van der Waals surface area contributed by atoms with Gasteiger partial charge in [-0.15, -0.1) is 0 Å². The summed E-state index contributed by atoms with van der Waals surface area (Å²) in [6.07, 6.45) is -15.3. The van der Waals surface area contributed by atoms with Crippen LogP contribution in [0.4, 0.5) is 0 Å². The largest absolute Gasteiger partial charge is 0.394 e. The van der Waals surface area contributed by atoms with Crippen molar-refractivity contribution >= 4 is 0 Å². The smallest absolute Gasteiger partial charge is 0.187 e. The van der Waals surface area contributed by atoms with Crippen molar-refractivity contribution in [2.24, 2.45) is 5.41 Å². The van der Waals surface area contributed by atoms with Gasteiger partial charge in [0.15, 0.2) is 25.2 Å². The summed E-state index contributed by atoms with van der Waals surface area (Å²) in [5, 5.41) is 148. The summed E-state index contributed by atoms with van der Waals surface area (Å²) in [5.74, 6) is 0. The molecule has 0 aliphatic carbocycles. The van der Waals surface area contributed by atoms with Crippen molar-refractivity contribution in [2.75, 3.05) is 39.6 Å². The molecule has 69 heavy (non-hydrogen) atoms. The van der Waals surface area contributed by atoms with Crippen LogP contribution in [0.2, 0.25) is 0 Å². The van der Waals surface area contributed by atoms with E-state index in [-0.39, 0.29) is 13.2 Å². The first-order valence-electron chi connectivity index (χ1n) is 25.5. The highest BCUT2D eigenvalue weighted by Crippen LogP contribution is 2.38. The summed E-state index contributed by atoms with van der Waals surface area (Å²) in [4.78, 5) is 0. The van der Waals surface area contributed by atoms with Crippen LogP contribution in [0.1, 0.15) is 129 Å². The standard InChI is InChI=1S/C47H88O22/c1-3-5-7-9-11-13-15-17-19-47(20-18-16-14-12-10-8-6-4-2,25-62-43-39(60)35(56)41(29(23-50)66-43)68-45-37(58)33(54)31(52)27(21-48)64-45)26-63-44-40(61)36(57)42(30(24-51)67-44)69-46-38(59)34(55)32(53)28(22-49)65-46/h27-46,48-61H,3-26H2,1-2H3. The summed E-state index contributed by atoms with van der Waals surface area (Å²) in [5.41, 5.74) is -0.872. The Labute approximate surface area is 406 Å². The van der Waals surface area contributed by atoms with Gasteiger partial charge in [0.25, 0.3) is 0 Å². The third-order valence-corrected chi connectivity index (χ3v) is 14.1. The zero-order valence-electron chi connectivity index (χ0n) is 40.5. The van der Waals surface area contributed by atoms with Crippen LogP contribution in [-0.2, 0) is 37.9 Å². The van der Waals surface area contributed by atoms with Gasteiger partial charge < -0.3 is 109 Å². The predicted molar refractivity (Wildman–Crippen MR) is 242 cm³/mol. The molecular formula is C47H88O22. The topological polar surface area (TPSA) is 357 Å². The predicted octanol–water partition coefficient (Wildman–Crippen LogP) is -1.68. The molecule has 0 radical (unpaired) electrons. The summed E-state index contributed by atoms with van der Waals surface area (Å²) in [7, 11) is 0. The van der Waals surface area contributed by atoms with E-state index in [0.717, 1.165) is 89.9 Å². The number of rotatable bonds is 32. The second-order valence-corrected chi connectivity index (χ2v) is 19.6. The minimum atomic E-state index is -1.84. The maximum Gasteiger partial charge on any atom is 0.187 e. The molecule has 0 bridgehead atoms. The summed E-state index contributed by atoms with van der Waals surface area (Å²) in [6, 6.07) is 0. The zero-order valence-corrected chi connectivity index (χ0v) is 40.5. The molecule has 0 saturated carbocycles. The van der Waals surface area contributed by atoms with Gasteiger partial charge in [0.1, 0.15) is 97.7 Å². The van der Waals surface area contributed by atoms with E-state index in [4.69, 9.17) is 37.9 Å². The fraction of sp³-hybridized carbons (Fsp3) is 1.00. The van der Waals surface area contributed by atoms with Crippen molar-refractivity contribution in [3.63, 3.8) is 0 Å². The van der Waals surface area contributed by atoms with E-state index in [1.165, 1.54) is 12.8 Å². The van der Waals surface area contributed by atoms with Gasteiger partial charge in [0.05, 0.1) is 39.6 Å².